The number of amides is 1. The molecule has 1 unspecified atom stereocenters. The molecule has 2 aromatic heterocycles. The molecule has 0 aliphatic carbocycles. The summed E-state index contributed by atoms with van der Waals surface area (Å²) in [5.41, 5.74) is 0.301. The number of thioether (sulfide) groups is 1. The fourth-order valence-electron chi connectivity index (χ4n) is 2.94. The summed E-state index contributed by atoms with van der Waals surface area (Å²) >= 11 is 7.11. The van der Waals surface area contributed by atoms with Gasteiger partial charge in [-0.05, 0) is 55.5 Å². The molecule has 0 saturated heterocycles. The number of carbonyl (C=O) groups excluding carboxylic acids is 1. The maximum absolute atomic E-state index is 13.9. The summed E-state index contributed by atoms with van der Waals surface area (Å²) in [7, 11) is 0. The van der Waals surface area contributed by atoms with Crippen molar-refractivity contribution in [2.75, 3.05) is 5.32 Å². The number of hydrogen-bond donors (Lipinski definition) is 1. The van der Waals surface area contributed by atoms with Crippen LogP contribution in [0.4, 0.5) is 14.5 Å². The minimum absolute atomic E-state index is 0.330. The summed E-state index contributed by atoms with van der Waals surface area (Å²) in [5, 5.41) is 11.1. The number of hydrogen-bond acceptors (Lipinski definition) is 5. The lowest BCUT2D eigenvalue weighted by Crippen LogP contribution is -2.24. The fourth-order valence-corrected chi connectivity index (χ4v) is 3.92. The number of carbonyl (C=O) groups is 1. The number of halogens is 3. The van der Waals surface area contributed by atoms with E-state index in [9.17, 15) is 13.6 Å². The first kappa shape index (κ1) is 22.0. The Morgan fingerprint density at radius 1 is 1.12 bits per heavy atom. The van der Waals surface area contributed by atoms with E-state index in [0.29, 0.717) is 28.3 Å². The highest BCUT2D eigenvalue weighted by atomic mass is 35.5. The van der Waals surface area contributed by atoms with Crippen molar-refractivity contribution in [1.82, 2.24) is 14.8 Å². The first-order valence-corrected chi connectivity index (χ1v) is 10.8. The number of furan rings is 1. The van der Waals surface area contributed by atoms with E-state index in [1.165, 1.54) is 6.07 Å². The minimum Gasteiger partial charge on any atom is -0.467 e. The summed E-state index contributed by atoms with van der Waals surface area (Å²) in [6.07, 6.45) is 1.56. The van der Waals surface area contributed by atoms with Crippen LogP contribution in [-0.2, 0) is 11.3 Å². The maximum Gasteiger partial charge on any atom is 0.237 e. The second-order valence-electron chi connectivity index (χ2n) is 6.82. The Bertz CT molecular complexity index is 1210. The molecule has 4 rings (SSSR count). The molecule has 0 fully saturated rings. The highest BCUT2D eigenvalue weighted by molar-refractivity contribution is 8.00. The number of para-hydroxylation sites is 1. The van der Waals surface area contributed by atoms with Crippen molar-refractivity contribution in [2.45, 2.75) is 23.9 Å². The molecule has 0 bridgehead atoms. The molecule has 1 N–H and O–H groups in total. The second kappa shape index (κ2) is 9.54. The highest BCUT2D eigenvalue weighted by Crippen LogP contribution is 2.29. The Kier molecular flexibility index (Phi) is 6.57. The normalized spacial score (nSPS) is 12.0. The summed E-state index contributed by atoms with van der Waals surface area (Å²) in [4.78, 5) is 12.6. The van der Waals surface area contributed by atoms with Crippen molar-refractivity contribution < 1.29 is 18.0 Å². The monoisotopic (exact) mass is 474 g/mol. The van der Waals surface area contributed by atoms with Gasteiger partial charge in [0, 0.05) is 10.6 Å². The van der Waals surface area contributed by atoms with Crippen molar-refractivity contribution in [3.05, 3.63) is 83.3 Å². The van der Waals surface area contributed by atoms with Gasteiger partial charge >= 0.3 is 0 Å². The van der Waals surface area contributed by atoms with Crippen LogP contribution in [0.25, 0.3) is 11.4 Å². The molecule has 164 valence electrons. The van der Waals surface area contributed by atoms with Gasteiger partial charge in [-0.15, -0.1) is 10.2 Å². The molecule has 0 spiro atoms. The van der Waals surface area contributed by atoms with E-state index in [2.05, 4.69) is 15.5 Å². The van der Waals surface area contributed by atoms with E-state index in [4.69, 9.17) is 16.0 Å². The van der Waals surface area contributed by atoms with E-state index >= 15 is 0 Å². The Hall–Kier alpha value is -3.17. The van der Waals surface area contributed by atoms with Crippen LogP contribution >= 0.6 is 23.4 Å². The van der Waals surface area contributed by atoms with Gasteiger partial charge < -0.3 is 9.73 Å². The van der Waals surface area contributed by atoms with E-state index in [1.807, 2.05) is 18.2 Å². The van der Waals surface area contributed by atoms with Crippen LogP contribution in [0.3, 0.4) is 0 Å². The predicted molar refractivity (Wildman–Crippen MR) is 119 cm³/mol. The van der Waals surface area contributed by atoms with Gasteiger partial charge in [-0.25, -0.2) is 8.78 Å². The van der Waals surface area contributed by atoms with Crippen molar-refractivity contribution >= 4 is 35.0 Å². The van der Waals surface area contributed by atoms with Crippen molar-refractivity contribution in [3.63, 3.8) is 0 Å². The van der Waals surface area contributed by atoms with E-state index < -0.39 is 28.5 Å². The van der Waals surface area contributed by atoms with Crippen molar-refractivity contribution in [1.29, 1.82) is 0 Å². The predicted octanol–water partition coefficient (Wildman–Crippen LogP) is 5.64. The molecule has 0 aliphatic heterocycles. The molecular formula is C22H17ClF2N4O2S. The van der Waals surface area contributed by atoms with Crippen molar-refractivity contribution in [3.8, 4) is 11.4 Å². The van der Waals surface area contributed by atoms with Gasteiger partial charge in [-0.1, -0.05) is 29.4 Å². The molecule has 0 radical (unpaired) electrons. The van der Waals surface area contributed by atoms with E-state index in [-0.39, 0.29) is 0 Å². The maximum atomic E-state index is 13.9. The largest absolute Gasteiger partial charge is 0.467 e. The van der Waals surface area contributed by atoms with Gasteiger partial charge in [0.25, 0.3) is 0 Å². The highest BCUT2D eigenvalue weighted by Gasteiger charge is 2.23. The average molecular weight is 475 g/mol. The number of nitrogens with zero attached hydrogens (tertiary/aromatic N) is 3. The van der Waals surface area contributed by atoms with Gasteiger partial charge in [0.1, 0.15) is 23.1 Å². The number of rotatable bonds is 7. The SMILES string of the molecule is CC(Sc1nnc(-c2ccc(Cl)cc2)n1Cc1ccco1)C(=O)Nc1c(F)cccc1F. The topological polar surface area (TPSA) is 73.0 Å². The third kappa shape index (κ3) is 4.84. The van der Waals surface area contributed by atoms with Crippen LogP contribution in [0, 0.1) is 11.6 Å². The summed E-state index contributed by atoms with van der Waals surface area (Å²) in [6.45, 7) is 1.95. The van der Waals surface area contributed by atoms with Gasteiger partial charge in [0.2, 0.25) is 5.91 Å². The molecule has 2 aromatic carbocycles. The number of aromatic nitrogens is 3. The Balaban J connectivity index is 1.59. The zero-order valence-electron chi connectivity index (χ0n) is 16.8. The third-order valence-electron chi connectivity index (χ3n) is 4.58. The fraction of sp³-hybridized carbons (Fsp3) is 0.136. The van der Waals surface area contributed by atoms with E-state index in [1.54, 1.807) is 36.0 Å². The average Bonchev–Trinajstić information content (AvgIpc) is 3.42. The van der Waals surface area contributed by atoms with Crippen LogP contribution < -0.4 is 5.32 Å². The van der Waals surface area contributed by atoms with Crippen molar-refractivity contribution in [2.24, 2.45) is 0 Å². The van der Waals surface area contributed by atoms with Gasteiger partial charge in [-0.2, -0.15) is 0 Å². The van der Waals surface area contributed by atoms with Crippen LogP contribution in [0.2, 0.25) is 5.02 Å². The molecule has 2 heterocycles. The Morgan fingerprint density at radius 2 is 1.84 bits per heavy atom. The lowest BCUT2D eigenvalue weighted by Gasteiger charge is -2.14. The molecular weight excluding hydrogens is 458 g/mol. The summed E-state index contributed by atoms with van der Waals surface area (Å²) in [6, 6.07) is 14.1. The lowest BCUT2D eigenvalue weighted by molar-refractivity contribution is -0.115. The molecule has 0 aliphatic rings. The van der Waals surface area contributed by atoms with E-state index in [0.717, 1.165) is 29.5 Å². The summed E-state index contributed by atoms with van der Waals surface area (Å²) < 4.78 is 35.0. The molecule has 6 nitrogen and oxygen atoms in total. The first-order chi connectivity index (χ1) is 15.4. The first-order valence-electron chi connectivity index (χ1n) is 9.55. The smallest absolute Gasteiger partial charge is 0.237 e. The number of benzene rings is 2. The lowest BCUT2D eigenvalue weighted by atomic mass is 10.2. The Labute approximate surface area is 191 Å². The number of anilines is 1. The zero-order chi connectivity index (χ0) is 22.7. The summed E-state index contributed by atoms with van der Waals surface area (Å²) in [5.74, 6) is -1.02. The molecule has 0 saturated carbocycles. The van der Waals surface area contributed by atoms with Crippen LogP contribution in [0.1, 0.15) is 12.7 Å². The molecule has 1 atom stereocenters. The molecule has 1 amide bonds. The third-order valence-corrected chi connectivity index (χ3v) is 5.91. The van der Waals surface area contributed by atoms with Gasteiger partial charge in [0.05, 0.1) is 18.1 Å². The van der Waals surface area contributed by atoms with Crippen LogP contribution in [0.5, 0.6) is 0 Å². The molecule has 4 aromatic rings. The van der Waals surface area contributed by atoms with Gasteiger partial charge in [0.15, 0.2) is 11.0 Å². The zero-order valence-corrected chi connectivity index (χ0v) is 18.3. The molecule has 10 heteroatoms. The minimum atomic E-state index is -0.846. The Morgan fingerprint density at radius 3 is 2.50 bits per heavy atom. The van der Waals surface area contributed by atoms with Gasteiger partial charge in [-0.3, -0.25) is 9.36 Å². The van der Waals surface area contributed by atoms with Crippen LogP contribution in [0.15, 0.2) is 70.4 Å². The molecule has 32 heavy (non-hydrogen) atoms. The number of nitrogens with one attached hydrogen (secondary N) is 1. The second-order valence-corrected chi connectivity index (χ2v) is 8.57. The quantitative estimate of drug-likeness (QED) is 0.351. The van der Waals surface area contributed by atoms with Crippen LogP contribution in [-0.4, -0.2) is 25.9 Å². The standard InChI is InChI=1S/C22H17ClF2N4O2S/c1-13(21(30)26-19-17(24)5-2-6-18(19)25)32-22-28-27-20(14-7-9-15(23)10-8-14)29(22)12-16-4-3-11-31-16/h2-11,13H,12H2,1H3,(H,26,30).